The van der Waals surface area contributed by atoms with Crippen LogP contribution in [0.1, 0.15) is 76.8 Å². The van der Waals surface area contributed by atoms with Crippen LogP contribution in [0.15, 0.2) is 76.5 Å². The first kappa shape index (κ1) is 52.3. The molecule has 1 N–H and O–H groups in total. The summed E-state index contributed by atoms with van der Waals surface area (Å²) in [5, 5.41) is 14.2. The minimum absolute atomic E-state index is 0. The molecule has 4 aromatic carbocycles. The Labute approximate surface area is 374 Å². The van der Waals surface area contributed by atoms with Crippen molar-refractivity contribution in [2.24, 2.45) is 0 Å². The van der Waals surface area contributed by atoms with E-state index >= 15 is 0 Å². The summed E-state index contributed by atoms with van der Waals surface area (Å²) in [6.07, 6.45) is 1.07. The lowest BCUT2D eigenvalue weighted by Gasteiger charge is -2.37. The van der Waals surface area contributed by atoms with Crippen molar-refractivity contribution >= 4 is 42.9 Å². The number of carbonyl (C=O) groups is 1. The zero-order valence-corrected chi connectivity index (χ0v) is 37.8. The quantitative estimate of drug-likeness (QED) is 0.0838. The van der Waals surface area contributed by atoms with Gasteiger partial charge in [0.25, 0.3) is 5.69 Å². The lowest BCUT2D eigenvalue weighted by molar-refractivity contribution is -0.385. The summed E-state index contributed by atoms with van der Waals surface area (Å²) in [5.74, 6) is 2.32. The number of ketones is 1. The van der Waals surface area contributed by atoms with Crippen molar-refractivity contribution in [3.63, 3.8) is 0 Å². The molecular weight excluding hydrogens is 847 g/mol. The highest BCUT2D eigenvalue weighted by atomic mass is 32.2. The third-order valence-electron chi connectivity index (χ3n) is 11.2. The van der Waals surface area contributed by atoms with Gasteiger partial charge in [-0.05, 0) is 118 Å². The molecule has 1 atom stereocenters. The van der Waals surface area contributed by atoms with Crippen LogP contribution in [0, 0.1) is 37.8 Å². The highest BCUT2D eigenvalue weighted by molar-refractivity contribution is 7.89. The second-order valence-corrected chi connectivity index (χ2v) is 18.7. The van der Waals surface area contributed by atoms with Gasteiger partial charge in [0.1, 0.15) is 16.4 Å². The zero-order chi connectivity index (χ0) is 44.6. The van der Waals surface area contributed by atoms with Crippen LogP contribution < -0.4 is 19.5 Å². The second kappa shape index (κ2) is 22.5. The van der Waals surface area contributed by atoms with Crippen LogP contribution in [0.25, 0.3) is 0 Å². The molecule has 346 valence electrons. The number of aryl methyl sites for hydroxylation is 3. The number of nitro groups is 1. The van der Waals surface area contributed by atoms with E-state index in [1.165, 1.54) is 16.4 Å². The van der Waals surface area contributed by atoms with Gasteiger partial charge in [-0.2, -0.15) is 8.61 Å². The Morgan fingerprint density at radius 3 is 2.02 bits per heavy atom. The zero-order valence-electron chi connectivity index (χ0n) is 36.2. The molecule has 0 amide bonds. The van der Waals surface area contributed by atoms with Crippen LogP contribution in [0.2, 0.25) is 0 Å². The molecule has 0 aromatic heterocycles. The topological polar surface area (TPSA) is 178 Å². The molecule has 0 bridgehead atoms. The molecule has 2 aliphatic heterocycles. The first-order valence-electron chi connectivity index (χ1n) is 20.4. The summed E-state index contributed by atoms with van der Waals surface area (Å²) in [4.78, 5) is 25.8. The highest BCUT2D eigenvalue weighted by Crippen LogP contribution is 2.34. The van der Waals surface area contributed by atoms with Gasteiger partial charge in [0.05, 0.1) is 28.2 Å². The molecule has 0 radical (unpaired) electrons. The van der Waals surface area contributed by atoms with E-state index in [-0.39, 0.29) is 62.8 Å². The van der Waals surface area contributed by atoms with E-state index in [1.54, 1.807) is 42.4 Å². The molecule has 15 nitrogen and oxygen atoms in total. The third kappa shape index (κ3) is 12.1. The van der Waals surface area contributed by atoms with Gasteiger partial charge in [0, 0.05) is 63.5 Å². The summed E-state index contributed by atoms with van der Waals surface area (Å²) in [6.45, 7) is 18.1. The van der Waals surface area contributed by atoms with E-state index in [0.29, 0.717) is 62.0 Å². The number of nitrogens with one attached hydrogen (secondary N) is 1. The fraction of sp³-hybridized carbons (Fsp3) is 0.457. The summed E-state index contributed by atoms with van der Waals surface area (Å²) in [7, 11) is -7.47. The summed E-state index contributed by atoms with van der Waals surface area (Å²) in [5.41, 5.74) is 5.29. The summed E-state index contributed by atoms with van der Waals surface area (Å²) >= 11 is 0. The van der Waals surface area contributed by atoms with Crippen molar-refractivity contribution in [2.45, 2.75) is 98.9 Å². The predicted octanol–water partition coefficient (Wildman–Crippen LogP) is 8.59. The molecule has 6 rings (SSSR count). The first-order valence-corrected chi connectivity index (χ1v) is 23.3. The third-order valence-corrected chi connectivity index (χ3v) is 15.5. The Morgan fingerprint density at radius 1 is 0.841 bits per heavy atom. The van der Waals surface area contributed by atoms with Crippen molar-refractivity contribution in [2.75, 3.05) is 58.0 Å². The van der Waals surface area contributed by atoms with E-state index < -0.39 is 25.0 Å². The Bertz CT molecular complexity index is 2410. The van der Waals surface area contributed by atoms with Gasteiger partial charge in [-0.25, -0.2) is 16.8 Å². The van der Waals surface area contributed by atoms with E-state index in [0.717, 1.165) is 45.4 Å². The largest absolute Gasteiger partial charge is 0.494 e. The number of rotatable bonds is 16. The molecule has 1 unspecified atom stereocenters. The number of benzene rings is 4. The van der Waals surface area contributed by atoms with E-state index in [2.05, 4.69) is 10.2 Å². The number of nitrogens with zero attached hydrogens (tertiary/aromatic N) is 4. The Kier molecular flexibility index (Phi) is 18.7. The molecule has 2 aliphatic rings. The van der Waals surface area contributed by atoms with Crippen LogP contribution in [0.5, 0.6) is 17.2 Å². The number of hydrogen-bond acceptors (Lipinski definition) is 12. The first-order chi connectivity index (χ1) is 28.9. The van der Waals surface area contributed by atoms with Gasteiger partial charge in [0.2, 0.25) is 26.8 Å². The average Bonchev–Trinajstić information content (AvgIpc) is 3.71. The molecule has 1 saturated heterocycles. The molecule has 4 aromatic rings. The van der Waals surface area contributed by atoms with E-state index in [9.17, 15) is 31.7 Å². The van der Waals surface area contributed by atoms with Crippen molar-refractivity contribution in [1.82, 2.24) is 13.5 Å². The number of nitro benzene ring substituents is 1. The van der Waals surface area contributed by atoms with Gasteiger partial charge in [0.15, 0.2) is 11.5 Å². The van der Waals surface area contributed by atoms with Crippen molar-refractivity contribution in [3.05, 3.63) is 105 Å². The highest BCUT2D eigenvalue weighted by Gasteiger charge is 2.34. The number of anilines is 2. The van der Waals surface area contributed by atoms with Crippen LogP contribution in [0.4, 0.5) is 17.1 Å². The smallest absolute Gasteiger partial charge is 0.270 e. The van der Waals surface area contributed by atoms with Crippen LogP contribution in [-0.2, 0) is 31.3 Å². The Morgan fingerprint density at radius 2 is 1.44 bits per heavy atom. The van der Waals surface area contributed by atoms with Crippen LogP contribution in [-0.4, -0.2) is 99.8 Å². The molecule has 0 saturated carbocycles. The molecule has 63 heavy (non-hydrogen) atoms. The Balaban J connectivity index is 0.000000334. The number of Topliss-reactive ketones (excluding diaryl/α,β-unsaturated/α-hetero) is 1. The van der Waals surface area contributed by atoms with Gasteiger partial charge in [-0.1, -0.05) is 40.8 Å². The number of non-ortho nitro benzene ring substituents is 1. The minimum atomic E-state index is -3.88. The number of fused-ring (bicyclic) bond motifs is 1. The summed E-state index contributed by atoms with van der Waals surface area (Å²) < 4.78 is 71.9. The maximum atomic E-state index is 13.5. The second-order valence-electron chi connectivity index (χ2n) is 15.0. The molecule has 1 fully saturated rings. The minimum Gasteiger partial charge on any atom is -0.494 e. The number of piperazine rings is 1. The van der Waals surface area contributed by atoms with Crippen molar-refractivity contribution < 1.29 is 40.8 Å². The fourth-order valence-corrected chi connectivity index (χ4v) is 11.0. The maximum absolute atomic E-state index is 13.5. The van der Waals surface area contributed by atoms with Gasteiger partial charge in [-0.3, -0.25) is 19.8 Å². The van der Waals surface area contributed by atoms with E-state index in [1.807, 2.05) is 65.8 Å². The lowest BCUT2D eigenvalue weighted by Crippen LogP contribution is -2.53. The average molecular weight is 912 g/mol. The van der Waals surface area contributed by atoms with E-state index in [4.69, 9.17) is 14.2 Å². The predicted molar refractivity (Wildman–Crippen MR) is 249 cm³/mol. The number of sulfonamides is 2. The monoisotopic (exact) mass is 911 g/mol. The van der Waals surface area contributed by atoms with Gasteiger partial charge >= 0.3 is 0 Å². The number of carbonyl (C=O) groups excluding carboxylic acids is 1. The van der Waals surface area contributed by atoms with Crippen molar-refractivity contribution in [1.29, 1.82) is 0 Å². The molecular formula is C46H65N5O10S2. The maximum Gasteiger partial charge on any atom is 0.270 e. The number of ether oxygens (including phenoxy) is 3. The standard InChI is InChI=1S/C26H34N2O5S.C18H23N3O5S.2CH4/c1-17-14-18(2)20(4)26(19(17)3)34(30,31)28-12-10-27(11-13-28)21(5)23(29)8-6-22-7-9-24-25(15-22)33-16-32-24;1-4-20(5-2)27(24,25)18-13-15(21(22)23)9-12-17(18)19-14-7-10-16(11-8-14)26-6-3;;/h7,9,14-15,21H,6,8,10-13,16H2,1-5H3;7-13,19H,4-6H2,1-3H3;2*1H4. The van der Waals surface area contributed by atoms with Gasteiger partial charge < -0.3 is 19.5 Å². The molecule has 17 heteroatoms. The normalized spacial score (nSPS) is 14.4. The van der Waals surface area contributed by atoms with Crippen molar-refractivity contribution in [3.8, 4) is 17.2 Å². The summed E-state index contributed by atoms with van der Waals surface area (Å²) in [6, 6.07) is 18.4. The molecule has 0 spiro atoms. The van der Waals surface area contributed by atoms with Crippen LogP contribution >= 0.6 is 0 Å². The molecule has 0 aliphatic carbocycles. The van der Waals surface area contributed by atoms with Gasteiger partial charge in [-0.15, -0.1) is 0 Å². The lowest BCUT2D eigenvalue weighted by atomic mass is 10.0. The Hall–Kier alpha value is -5.07. The van der Waals surface area contributed by atoms with Crippen LogP contribution in [0.3, 0.4) is 0 Å². The molecule has 2 heterocycles. The fourth-order valence-electron chi connectivity index (χ4n) is 7.40. The number of hydrogen-bond donors (Lipinski definition) is 1. The SMILES string of the molecule is C.C.CCOc1ccc(Nc2ccc([N+](=O)[O-])cc2S(=O)(=O)N(CC)CC)cc1.Cc1cc(C)c(C)c(S(=O)(=O)N2CCN(C(C)C(=O)CCc3ccc4c(c3)OCO4)CC2)c1C.